The van der Waals surface area contributed by atoms with Crippen LogP contribution in [0.1, 0.15) is 17.0 Å². The minimum atomic E-state index is -0.228. The van der Waals surface area contributed by atoms with Crippen molar-refractivity contribution in [1.82, 2.24) is 9.97 Å². The molecule has 2 N–H and O–H groups in total. The SMILES string of the molecule is Cc1cc(C)nc(Nc2ccc(NC(=O)/C=C/c3ccccc3Cl)cc2)n1. The van der Waals surface area contributed by atoms with E-state index < -0.39 is 0 Å². The highest BCUT2D eigenvalue weighted by atomic mass is 35.5. The number of aromatic nitrogens is 2. The highest BCUT2D eigenvalue weighted by Gasteiger charge is 2.02. The maximum Gasteiger partial charge on any atom is 0.248 e. The van der Waals surface area contributed by atoms with Crippen LogP contribution in [-0.2, 0) is 4.79 Å². The van der Waals surface area contributed by atoms with Crippen molar-refractivity contribution in [1.29, 1.82) is 0 Å². The molecule has 1 aromatic heterocycles. The zero-order chi connectivity index (χ0) is 19.2. The van der Waals surface area contributed by atoms with E-state index >= 15 is 0 Å². The zero-order valence-corrected chi connectivity index (χ0v) is 15.8. The van der Waals surface area contributed by atoms with Crippen molar-refractivity contribution >= 4 is 40.9 Å². The van der Waals surface area contributed by atoms with Crippen LogP contribution in [0.25, 0.3) is 6.08 Å². The van der Waals surface area contributed by atoms with Crippen molar-refractivity contribution in [3.05, 3.63) is 82.6 Å². The number of halogens is 1. The second-order valence-electron chi connectivity index (χ2n) is 6.02. The van der Waals surface area contributed by atoms with Gasteiger partial charge in [0.25, 0.3) is 0 Å². The summed E-state index contributed by atoms with van der Waals surface area (Å²) in [4.78, 5) is 20.8. The molecule has 0 unspecified atom stereocenters. The molecule has 0 fully saturated rings. The fourth-order valence-corrected chi connectivity index (χ4v) is 2.71. The Bertz CT molecular complexity index is 963. The summed E-state index contributed by atoms with van der Waals surface area (Å²) in [5, 5.41) is 6.57. The molecular formula is C21H19ClN4O. The van der Waals surface area contributed by atoms with Crippen LogP contribution >= 0.6 is 11.6 Å². The molecule has 0 bridgehead atoms. The number of amides is 1. The van der Waals surface area contributed by atoms with Gasteiger partial charge in [0, 0.05) is 33.9 Å². The minimum Gasteiger partial charge on any atom is -0.324 e. The van der Waals surface area contributed by atoms with Gasteiger partial charge < -0.3 is 10.6 Å². The fraction of sp³-hybridized carbons (Fsp3) is 0.0952. The lowest BCUT2D eigenvalue weighted by Crippen LogP contribution is -2.07. The second kappa shape index (κ2) is 8.47. The predicted molar refractivity (Wildman–Crippen MR) is 110 cm³/mol. The number of carbonyl (C=O) groups is 1. The maximum atomic E-state index is 12.1. The third-order valence-corrected chi connectivity index (χ3v) is 4.05. The molecule has 2 aromatic carbocycles. The van der Waals surface area contributed by atoms with Gasteiger partial charge in [-0.15, -0.1) is 0 Å². The molecule has 5 nitrogen and oxygen atoms in total. The third-order valence-electron chi connectivity index (χ3n) is 3.71. The first kappa shape index (κ1) is 18.6. The topological polar surface area (TPSA) is 66.9 Å². The first-order valence-corrected chi connectivity index (χ1v) is 8.80. The largest absolute Gasteiger partial charge is 0.324 e. The van der Waals surface area contributed by atoms with Crippen molar-refractivity contribution in [2.24, 2.45) is 0 Å². The monoisotopic (exact) mass is 378 g/mol. The van der Waals surface area contributed by atoms with Gasteiger partial charge in [-0.1, -0.05) is 29.8 Å². The number of hydrogen-bond acceptors (Lipinski definition) is 4. The number of aryl methyl sites for hydroxylation is 2. The Kier molecular flexibility index (Phi) is 5.84. The zero-order valence-electron chi connectivity index (χ0n) is 15.0. The van der Waals surface area contributed by atoms with Gasteiger partial charge in [0.15, 0.2) is 0 Å². The van der Waals surface area contributed by atoms with Crippen molar-refractivity contribution in [3.63, 3.8) is 0 Å². The van der Waals surface area contributed by atoms with Gasteiger partial charge >= 0.3 is 0 Å². The first-order chi connectivity index (χ1) is 13.0. The van der Waals surface area contributed by atoms with E-state index in [1.54, 1.807) is 12.1 Å². The number of benzene rings is 2. The number of hydrogen-bond donors (Lipinski definition) is 2. The molecule has 0 aliphatic rings. The van der Waals surface area contributed by atoms with Crippen LogP contribution in [0.2, 0.25) is 5.02 Å². The standard InChI is InChI=1S/C21H19ClN4O/c1-14-13-15(2)24-21(23-14)26-18-10-8-17(9-11-18)25-20(27)12-7-16-5-3-4-6-19(16)22/h3-13H,1-2H3,(H,25,27)(H,23,24,26)/b12-7+. The van der Waals surface area contributed by atoms with E-state index in [0.717, 1.165) is 22.6 Å². The lowest BCUT2D eigenvalue weighted by molar-refractivity contribution is -0.111. The van der Waals surface area contributed by atoms with Crippen LogP contribution in [0.4, 0.5) is 17.3 Å². The molecule has 0 atom stereocenters. The number of carbonyl (C=O) groups excluding carboxylic acids is 1. The Morgan fingerprint density at radius 2 is 1.59 bits per heavy atom. The van der Waals surface area contributed by atoms with E-state index in [4.69, 9.17) is 11.6 Å². The summed E-state index contributed by atoms with van der Waals surface area (Å²) in [6.45, 7) is 3.85. The van der Waals surface area contributed by atoms with Gasteiger partial charge in [-0.3, -0.25) is 4.79 Å². The van der Waals surface area contributed by atoms with Crippen LogP contribution in [0, 0.1) is 13.8 Å². The lowest BCUT2D eigenvalue weighted by Gasteiger charge is -2.08. The van der Waals surface area contributed by atoms with Gasteiger partial charge in [0.05, 0.1) is 0 Å². The normalized spacial score (nSPS) is 10.8. The van der Waals surface area contributed by atoms with Crippen LogP contribution < -0.4 is 10.6 Å². The predicted octanol–water partition coefficient (Wildman–Crippen LogP) is 5.14. The third kappa shape index (κ3) is 5.39. The Labute approximate surface area is 163 Å². The summed E-state index contributed by atoms with van der Waals surface area (Å²) < 4.78 is 0. The number of nitrogens with one attached hydrogen (secondary N) is 2. The summed E-state index contributed by atoms with van der Waals surface area (Å²) in [6, 6.07) is 16.6. The van der Waals surface area contributed by atoms with Crippen molar-refractivity contribution < 1.29 is 4.79 Å². The van der Waals surface area contributed by atoms with E-state index in [0.29, 0.717) is 16.7 Å². The van der Waals surface area contributed by atoms with E-state index in [9.17, 15) is 4.79 Å². The molecule has 1 amide bonds. The van der Waals surface area contributed by atoms with Crippen molar-refractivity contribution in [3.8, 4) is 0 Å². The Morgan fingerprint density at radius 3 is 2.26 bits per heavy atom. The molecule has 27 heavy (non-hydrogen) atoms. The van der Waals surface area contributed by atoms with E-state index in [1.165, 1.54) is 6.08 Å². The minimum absolute atomic E-state index is 0.228. The molecule has 1 heterocycles. The summed E-state index contributed by atoms with van der Waals surface area (Å²) in [6.07, 6.45) is 3.14. The van der Waals surface area contributed by atoms with Crippen molar-refractivity contribution in [2.75, 3.05) is 10.6 Å². The second-order valence-corrected chi connectivity index (χ2v) is 6.43. The summed E-state index contributed by atoms with van der Waals surface area (Å²) in [7, 11) is 0. The Balaban J connectivity index is 1.61. The summed E-state index contributed by atoms with van der Waals surface area (Å²) >= 11 is 6.07. The van der Waals surface area contributed by atoms with Crippen LogP contribution in [0.3, 0.4) is 0 Å². The molecule has 0 radical (unpaired) electrons. The lowest BCUT2D eigenvalue weighted by atomic mass is 10.2. The molecule has 0 saturated heterocycles. The van der Waals surface area contributed by atoms with Gasteiger partial charge in [-0.05, 0) is 61.9 Å². The summed E-state index contributed by atoms with van der Waals surface area (Å²) in [5.41, 5.74) is 4.13. The molecule has 0 spiro atoms. The molecule has 3 rings (SSSR count). The molecule has 136 valence electrons. The molecule has 0 saturated carbocycles. The molecular weight excluding hydrogens is 360 g/mol. The fourth-order valence-electron chi connectivity index (χ4n) is 2.51. The van der Waals surface area contributed by atoms with Crippen LogP contribution in [-0.4, -0.2) is 15.9 Å². The molecule has 6 heteroatoms. The molecule has 0 aliphatic heterocycles. The molecule has 3 aromatic rings. The highest BCUT2D eigenvalue weighted by Crippen LogP contribution is 2.18. The average Bonchev–Trinajstić information content (AvgIpc) is 2.62. The van der Waals surface area contributed by atoms with E-state index in [-0.39, 0.29) is 5.91 Å². The van der Waals surface area contributed by atoms with Crippen molar-refractivity contribution in [2.45, 2.75) is 13.8 Å². The quantitative estimate of drug-likeness (QED) is 0.603. The Hall–Kier alpha value is -3.18. The van der Waals surface area contributed by atoms with Gasteiger partial charge in [0.2, 0.25) is 11.9 Å². The maximum absolute atomic E-state index is 12.1. The van der Waals surface area contributed by atoms with Crippen LogP contribution in [0.15, 0.2) is 60.7 Å². The van der Waals surface area contributed by atoms with E-state index in [2.05, 4.69) is 20.6 Å². The smallest absolute Gasteiger partial charge is 0.248 e. The van der Waals surface area contributed by atoms with Gasteiger partial charge in [0.1, 0.15) is 0 Å². The number of anilines is 3. The average molecular weight is 379 g/mol. The highest BCUT2D eigenvalue weighted by molar-refractivity contribution is 6.32. The first-order valence-electron chi connectivity index (χ1n) is 8.42. The number of nitrogens with zero attached hydrogens (tertiary/aromatic N) is 2. The van der Waals surface area contributed by atoms with Gasteiger partial charge in [-0.2, -0.15) is 0 Å². The summed E-state index contributed by atoms with van der Waals surface area (Å²) in [5.74, 6) is 0.320. The van der Waals surface area contributed by atoms with Gasteiger partial charge in [-0.25, -0.2) is 9.97 Å². The Morgan fingerprint density at radius 1 is 0.963 bits per heavy atom. The molecule has 0 aliphatic carbocycles. The van der Waals surface area contributed by atoms with E-state index in [1.807, 2.05) is 62.4 Å². The number of rotatable bonds is 5. The van der Waals surface area contributed by atoms with Crippen LogP contribution in [0.5, 0.6) is 0 Å².